The van der Waals surface area contributed by atoms with Crippen LogP contribution in [0.4, 0.5) is 11.5 Å². The highest BCUT2D eigenvalue weighted by molar-refractivity contribution is 7.07. The van der Waals surface area contributed by atoms with E-state index in [4.69, 9.17) is 4.74 Å². The summed E-state index contributed by atoms with van der Waals surface area (Å²) in [6.07, 6.45) is 0.830. The van der Waals surface area contributed by atoms with Crippen LogP contribution in [0.15, 0.2) is 53.2 Å². The third kappa shape index (κ3) is 4.73. The van der Waals surface area contributed by atoms with E-state index in [1.54, 1.807) is 11.3 Å². The van der Waals surface area contributed by atoms with Crippen LogP contribution in [-0.4, -0.2) is 44.6 Å². The van der Waals surface area contributed by atoms with Crippen LogP contribution in [0.1, 0.15) is 34.1 Å². The van der Waals surface area contributed by atoms with Gasteiger partial charge in [0.05, 0.1) is 5.56 Å². The van der Waals surface area contributed by atoms with Crippen molar-refractivity contribution in [1.82, 2.24) is 10.3 Å². The molecule has 1 aliphatic rings. The van der Waals surface area contributed by atoms with Gasteiger partial charge in [-0.15, -0.1) is 0 Å². The van der Waals surface area contributed by atoms with Gasteiger partial charge in [-0.2, -0.15) is 11.3 Å². The van der Waals surface area contributed by atoms with Gasteiger partial charge >= 0.3 is 0 Å². The summed E-state index contributed by atoms with van der Waals surface area (Å²) in [6, 6.07) is 13.7. The number of anilines is 2. The quantitative estimate of drug-likeness (QED) is 0.599. The van der Waals surface area contributed by atoms with Crippen LogP contribution in [0.3, 0.4) is 0 Å². The maximum Gasteiger partial charge on any atom is 0.262 e. The summed E-state index contributed by atoms with van der Waals surface area (Å²) in [5, 5.41) is 7.40. The summed E-state index contributed by atoms with van der Waals surface area (Å²) in [5.41, 5.74) is 3.54. The average Bonchev–Trinajstić information content (AvgIpc) is 3.28. The van der Waals surface area contributed by atoms with Crippen LogP contribution < -0.4 is 19.9 Å². The molecule has 1 N–H and O–H groups in total. The maximum absolute atomic E-state index is 13.4. The minimum atomic E-state index is -0.0344. The molecule has 7 heteroatoms. The lowest BCUT2D eigenvalue weighted by atomic mass is 10.1. The first-order valence-corrected chi connectivity index (χ1v) is 11.4. The molecule has 3 heterocycles. The number of rotatable bonds is 7. The molecule has 1 atom stereocenters. The normalized spacial score (nSPS) is 14.9. The summed E-state index contributed by atoms with van der Waals surface area (Å²) in [4.78, 5) is 21.8. The number of carbonyl (C=O) groups excluding carboxylic acids is 1. The molecule has 162 valence electrons. The predicted octanol–water partition coefficient (Wildman–Crippen LogP) is 4.28. The predicted molar refractivity (Wildman–Crippen MR) is 127 cm³/mol. The highest BCUT2D eigenvalue weighted by Crippen LogP contribution is 2.31. The van der Waals surface area contributed by atoms with Crippen LogP contribution in [0.2, 0.25) is 0 Å². The fourth-order valence-corrected chi connectivity index (χ4v) is 4.47. The van der Waals surface area contributed by atoms with Gasteiger partial charge in [-0.05, 0) is 61.6 Å². The number of likely N-dealkylation sites (N-methyl/N-ethyl adjacent to an activating group) is 1. The fourth-order valence-electron chi connectivity index (χ4n) is 3.77. The minimum Gasteiger partial charge on any atom is -0.486 e. The molecule has 1 aliphatic heterocycles. The number of pyridine rings is 1. The van der Waals surface area contributed by atoms with Crippen molar-refractivity contribution < 1.29 is 9.53 Å². The van der Waals surface area contributed by atoms with E-state index in [0.717, 1.165) is 35.9 Å². The smallest absolute Gasteiger partial charge is 0.262 e. The number of hydrogen-bond donors (Lipinski definition) is 1. The molecule has 0 bridgehead atoms. The van der Waals surface area contributed by atoms with Gasteiger partial charge in [0.1, 0.15) is 17.7 Å². The molecule has 31 heavy (non-hydrogen) atoms. The third-order valence-electron chi connectivity index (χ3n) is 5.49. The van der Waals surface area contributed by atoms with Crippen molar-refractivity contribution in [1.29, 1.82) is 0 Å². The molecule has 1 amide bonds. The van der Waals surface area contributed by atoms with E-state index in [9.17, 15) is 4.79 Å². The molecule has 3 aromatic rings. The number of aryl methyl sites for hydroxylation is 1. The van der Waals surface area contributed by atoms with E-state index in [-0.39, 0.29) is 12.0 Å². The monoisotopic (exact) mass is 436 g/mol. The lowest BCUT2D eigenvalue weighted by Gasteiger charge is -2.23. The first-order chi connectivity index (χ1) is 15.1. The molecule has 0 aliphatic carbocycles. The SMILES string of the molecule is CNCC[C@H](Oc1cccc(N2CCN(C)c3nc(C)ccc3C2=O)c1)c1ccsc1. The fraction of sp³-hybridized carbons (Fsp3) is 0.333. The van der Waals surface area contributed by atoms with E-state index in [0.29, 0.717) is 18.7 Å². The van der Waals surface area contributed by atoms with Gasteiger partial charge in [-0.25, -0.2) is 4.98 Å². The Morgan fingerprint density at radius 2 is 2.10 bits per heavy atom. The van der Waals surface area contributed by atoms with Crippen molar-refractivity contribution in [2.45, 2.75) is 19.4 Å². The molecule has 0 radical (unpaired) electrons. The summed E-state index contributed by atoms with van der Waals surface area (Å²) < 4.78 is 6.37. The number of carbonyl (C=O) groups is 1. The van der Waals surface area contributed by atoms with Crippen LogP contribution in [-0.2, 0) is 0 Å². The molecular formula is C24H28N4O2S. The second-order valence-corrected chi connectivity index (χ2v) is 8.53. The molecule has 0 saturated heterocycles. The van der Waals surface area contributed by atoms with Gasteiger partial charge in [0.15, 0.2) is 0 Å². The Kier molecular flexibility index (Phi) is 6.53. The van der Waals surface area contributed by atoms with Crippen molar-refractivity contribution in [3.63, 3.8) is 0 Å². The number of nitrogens with one attached hydrogen (secondary N) is 1. The Bertz CT molecular complexity index is 1040. The Hall–Kier alpha value is -2.90. The van der Waals surface area contributed by atoms with Crippen LogP contribution in [0, 0.1) is 6.92 Å². The van der Waals surface area contributed by atoms with Gasteiger partial charge in [-0.1, -0.05) is 6.07 Å². The Labute approximate surface area is 187 Å². The van der Waals surface area contributed by atoms with Crippen molar-refractivity contribution in [2.24, 2.45) is 0 Å². The van der Waals surface area contributed by atoms with Gasteiger partial charge in [-0.3, -0.25) is 4.79 Å². The second-order valence-electron chi connectivity index (χ2n) is 7.75. The molecule has 0 spiro atoms. The lowest BCUT2D eigenvalue weighted by molar-refractivity contribution is 0.0990. The molecule has 4 rings (SSSR count). The maximum atomic E-state index is 13.4. The molecule has 0 fully saturated rings. The van der Waals surface area contributed by atoms with Crippen molar-refractivity contribution >= 4 is 28.7 Å². The summed E-state index contributed by atoms with van der Waals surface area (Å²) >= 11 is 1.67. The number of ether oxygens (including phenoxy) is 1. The summed E-state index contributed by atoms with van der Waals surface area (Å²) in [6.45, 7) is 4.10. The van der Waals surface area contributed by atoms with E-state index < -0.39 is 0 Å². The van der Waals surface area contributed by atoms with E-state index in [1.165, 1.54) is 5.56 Å². The molecule has 2 aromatic heterocycles. The number of fused-ring (bicyclic) bond motifs is 1. The van der Waals surface area contributed by atoms with Crippen LogP contribution in [0.5, 0.6) is 5.75 Å². The first-order valence-electron chi connectivity index (χ1n) is 10.5. The van der Waals surface area contributed by atoms with Gasteiger partial charge < -0.3 is 19.9 Å². The van der Waals surface area contributed by atoms with E-state index >= 15 is 0 Å². The van der Waals surface area contributed by atoms with Gasteiger partial charge in [0.2, 0.25) is 0 Å². The highest BCUT2D eigenvalue weighted by atomic mass is 32.1. The average molecular weight is 437 g/mol. The third-order valence-corrected chi connectivity index (χ3v) is 6.19. The van der Waals surface area contributed by atoms with Crippen molar-refractivity contribution in [3.8, 4) is 5.75 Å². The van der Waals surface area contributed by atoms with E-state index in [2.05, 4.69) is 27.1 Å². The number of nitrogens with zero attached hydrogens (tertiary/aromatic N) is 3. The zero-order valence-corrected chi connectivity index (χ0v) is 19.0. The molecule has 0 saturated carbocycles. The largest absolute Gasteiger partial charge is 0.486 e. The molecule has 0 unspecified atom stereocenters. The van der Waals surface area contributed by atoms with Crippen molar-refractivity contribution in [3.05, 3.63) is 70.0 Å². The lowest BCUT2D eigenvalue weighted by Crippen LogP contribution is -2.33. The van der Waals surface area contributed by atoms with Crippen molar-refractivity contribution in [2.75, 3.05) is 43.5 Å². The highest BCUT2D eigenvalue weighted by Gasteiger charge is 2.27. The Morgan fingerprint density at radius 1 is 1.23 bits per heavy atom. The zero-order chi connectivity index (χ0) is 21.8. The molecular weight excluding hydrogens is 408 g/mol. The second kappa shape index (κ2) is 9.49. The molecule has 1 aromatic carbocycles. The Morgan fingerprint density at radius 3 is 2.87 bits per heavy atom. The summed E-state index contributed by atoms with van der Waals surface area (Å²) in [5.74, 6) is 1.47. The van der Waals surface area contributed by atoms with Gasteiger partial charge in [0, 0.05) is 49.6 Å². The standard InChI is InChI=1S/C24H28N4O2S/c1-17-7-8-21-23(26-17)27(3)12-13-28(24(21)29)19-5-4-6-20(15-19)30-22(9-11-25-2)18-10-14-31-16-18/h4-8,10,14-16,22,25H,9,11-13H2,1-3H3/t22-/m0/s1. The number of thiophene rings is 1. The number of hydrogen-bond acceptors (Lipinski definition) is 6. The minimum absolute atomic E-state index is 0.0337. The number of aromatic nitrogens is 1. The zero-order valence-electron chi connectivity index (χ0n) is 18.2. The number of benzene rings is 1. The van der Waals surface area contributed by atoms with Gasteiger partial charge in [0.25, 0.3) is 5.91 Å². The topological polar surface area (TPSA) is 57.7 Å². The number of amides is 1. The Balaban J connectivity index is 1.60. The van der Waals surface area contributed by atoms with Crippen LogP contribution in [0.25, 0.3) is 0 Å². The summed E-state index contributed by atoms with van der Waals surface area (Å²) in [7, 11) is 3.93. The van der Waals surface area contributed by atoms with Crippen LogP contribution >= 0.6 is 11.3 Å². The molecule has 6 nitrogen and oxygen atoms in total. The first kappa shape index (κ1) is 21.3. The van der Waals surface area contributed by atoms with E-state index in [1.807, 2.05) is 67.2 Å².